The number of nitrogens with one attached hydrogen (secondary N) is 1. The van der Waals surface area contributed by atoms with Crippen molar-refractivity contribution in [3.8, 4) is 0 Å². The van der Waals surface area contributed by atoms with E-state index in [-0.39, 0.29) is 0 Å². The molecule has 11 heavy (non-hydrogen) atoms. The Labute approximate surface area is 67.4 Å². The molecule has 1 aromatic rings. The summed E-state index contributed by atoms with van der Waals surface area (Å²) in [5.41, 5.74) is 2.50. The number of hydrogen-bond acceptors (Lipinski definition) is 2. The van der Waals surface area contributed by atoms with Crippen LogP contribution in [0, 0.1) is 0 Å². The second-order valence-corrected chi connectivity index (χ2v) is 2.66. The van der Waals surface area contributed by atoms with Crippen molar-refractivity contribution in [3.05, 3.63) is 17.5 Å². The largest absolute Gasteiger partial charge is 0.316 e. The van der Waals surface area contributed by atoms with Gasteiger partial charge in [0.1, 0.15) is 0 Å². The molecule has 1 aromatic heterocycles. The summed E-state index contributed by atoms with van der Waals surface area (Å²) in [5, 5.41) is 7.44. The molecular weight excluding hydrogens is 138 g/mol. The molecule has 3 heteroatoms. The Hall–Kier alpha value is -0.830. The van der Waals surface area contributed by atoms with Crippen molar-refractivity contribution in [2.45, 2.75) is 19.9 Å². The maximum Gasteiger partial charge on any atom is 0.0666 e. The normalized spacial score (nSPS) is 10.5. The van der Waals surface area contributed by atoms with Crippen molar-refractivity contribution in [1.29, 1.82) is 0 Å². The van der Waals surface area contributed by atoms with E-state index >= 15 is 0 Å². The van der Waals surface area contributed by atoms with Crippen LogP contribution >= 0.6 is 0 Å². The maximum absolute atomic E-state index is 4.32. The van der Waals surface area contributed by atoms with Gasteiger partial charge in [-0.25, -0.2) is 0 Å². The van der Waals surface area contributed by atoms with E-state index in [0.717, 1.165) is 13.0 Å². The van der Waals surface area contributed by atoms with Gasteiger partial charge in [0.2, 0.25) is 0 Å². The van der Waals surface area contributed by atoms with Gasteiger partial charge in [-0.1, -0.05) is 6.92 Å². The Morgan fingerprint density at radius 3 is 2.91 bits per heavy atom. The second-order valence-electron chi connectivity index (χ2n) is 2.66. The van der Waals surface area contributed by atoms with E-state index < -0.39 is 0 Å². The molecule has 0 aliphatic rings. The molecule has 0 aliphatic heterocycles. The molecule has 0 saturated carbocycles. The van der Waals surface area contributed by atoms with Gasteiger partial charge in [-0.3, -0.25) is 4.68 Å². The summed E-state index contributed by atoms with van der Waals surface area (Å²) < 4.78 is 1.87. The van der Waals surface area contributed by atoms with Crippen molar-refractivity contribution in [2.24, 2.45) is 7.05 Å². The van der Waals surface area contributed by atoms with Gasteiger partial charge in [0, 0.05) is 25.4 Å². The van der Waals surface area contributed by atoms with Crippen LogP contribution in [0.1, 0.15) is 18.2 Å². The van der Waals surface area contributed by atoms with Crippen LogP contribution in [-0.4, -0.2) is 16.8 Å². The van der Waals surface area contributed by atoms with E-state index in [9.17, 15) is 0 Å². The van der Waals surface area contributed by atoms with Crippen LogP contribution in [-0.2, 0) is 20.0 Å². The molecule has 1 rings (SSSR count). The SMILES string of the molecule is CCc1nn(C)cc1CNC. The van der Waals surface area contributed by atoms with E-state index in [1.807, 2.05) is 18.8 Å². The summed E-state index contributed by atoms with van der Waals surface area (Å²) in [5.74, 6) is 0. The molecule has 0 saturated heterocycles. The first-order chi connectivity index (χ1) is 5.27. The molecule has 3 nitrogen and oxygen atoms in total. The average Bonchev–Trinajstić information content (AvgIpc) is 2.32. The van der Waals surface area contributed by atoms with Gasteiger partial charge in [-0.2, -0.15) is 5.10 Å². The van der Waals surface area contributed by atoms with Crippen molar-refractivity contribution < 1.29 is 0 Å². The smallest absolute Gasteiger partial charge is 0.0666 e. The lowest BCUT2D eigenvalue weighted by Crippen LogP contribution is -2.05. The molecule has 0 aromatic carbocycles. The third-order valence-electron chi connectivity index (χ3n) is 1.69. The number of hydrogen-bond donors (Lipinski definition) is 1. The Morgan fingerprint density at radius 2 is 2.36 bits per heavy atom. The first kappa shape index (κ1) is 8.27. The summed E-state index contributed by atoms with van der Waals surface area (Å²) in [6, 6.07) is 0. The Balaban J connectivity index is 2.83. The van der Waals surface area contributed by atoms with Gasteiger partial charge in [-0.15, -0.1) is 0 Å². The van der Waals surface area contributed by atoms with Gasteiger partial charge in [0.25, 0.3) is 0 Å². The van der Waals surface area contributed by atoms with E-state index in [2.05, 4.69) is 23.5 Å². The minimum absolute atomic E-state index is 0.914. The summed E-state index contributed by atoms with van der Waals surface area (Å²) in [4.78, 5) is 0. The summed E-state index contributed by atoms with van der Waals surface area (Å²) in [6.45, 7) is 3.04. The van der Waals surface area contributed by atoms with Gasteiger partial charge >= 0.3 is 0 Å². The monoisotopic (exact) mass is 153 g/mol. The van der Waals surface area contributed by atoms with Crippen molar-refractivity contribution in [1.82, 2.24) is 15.1 Å². The Kier molecular flexibility index (Phi) is 2.65. The number of nitrogens with zero attached hydrogens (tertiary/aromatic N) is 2. The molecule has 0 radical (unpaired) electrons. The fourth-order valence-electron chi connectivity index (χ4n) is 1.22. The van der Waals surface area contributed by atoms with Crippen LogP contribution in [0.25, 0.3) is 0 Å². The number of aryl methyl sites for hydroxylation is 2. The highest BCUT2D eigenvalue weighted by Gasteiger charge is 2.02. The first-order valence-electron chi connectivity index (χ1n) is 3.94. The van der Waals surface area contributed by atoms with Crippen LogP contribution in [0.15, 0.2) is 6.20 Å². The minimum Gasteiger partial charge on any atom is -0.316 e. The van der Waals surface area contributed by atoms with Gasteiger partial charge in [0.05, 0.1) is 5.69 Å². The van der Waals surface area contributed by atoms with Gasteiger partial charge in [-0.05, 0) is 13.5 Å². The van der Waals surface area contributed by atoms with E-state index in [1.165, 1.54) is 11.3 Å². The zero-order chi connectivity index (χ0) is 8.27. The van der Waals surface area contributed by atoms with Crippen LogP contribution in [0.2, 0.25) is 0 Å². The lowest BCUT2D eigenvalue weighted by molar-refractivity contribution is 0.746. The molecule has 62 valence electrons. The molecule has 1 N–H and O–H groups in total. The highest BCUT2D eigenvalue weighted by Crippen LogP contribution is 2.05. The quantitative estimate of drug-likeness (QED) is 0.692. The highest BCUT2D eigenvalue weighted by molar-refractivity contribution is 5.16. The van der Waals surface area contributed by atoms with E-state index in [4.69, 9.17) is 0 Å². The van der Waals surface area contributed by atoms with Gasteiger partial charge in [0.15, 0.2) is 0 Å². The first-order valence-corrected chi connectivity index (χ1v) is 3.94. The predicted molar refractivity (Wildman–Crippen MR) is 45.3 cm³/mol. The van der Waals surface area contributed by atoms with Crippen LogP contribution < -0.4 is 5.32 Å². The second kappa shape index (κ2) is 3.53. The number of rotatable bonds is 3. The lowest BCUT2D eigenvalue weighted by Gasteiger charge is -1.95. The summed E-state index contributed by atoms with van der Waals surface area (Å²) >= 11 is 0. The summed E-state index contributed by atoms with van der Waals surface area (Å²) in [7, 11) is 3.91. The van der Waals surface area contributed by atoms with Crippen LogP contribution in [0.4, 0.5) is 0 Å². The van der Waals surface area contributed by atoms with E-state index in [1.54, 1.807) is 0 Å². The Bertz CT molecular complexity index is 227. The molecule has 0 spiro atoms. The predicted octanol–water partition coefficient (Wildman–Crippen LogP) is 0.702. The zero-order valence-corrected chi connectivity index (χ0v) is 7.39. The average molecular weight is 153 g/mol. The third-order valence-corrected chi connectivity index (χ3v) is 1.69. The fourth-order valence-corrected chi connectivity index (χ4v) is 1.22. The molecule has 0 aliphatic carbocycles. The molecule has 0 unspecified atom stereocenters. The van der Waals surface area contributed by atoms with Crippen molar-refractivity contribution in [3.63, 3.8) is 0 Å². The van der Waals surface area contributed by atoms with Crippen molar-refractivity contribution >= 4 is 0 Å². The zero-order valence-electron chi connectivity index (χ0n) is 7.39. The van der Waals surface area contributed by atoms with Gasteiger partial charge < -0.3 is 5.32 Å². The summed E-state index contributed by atoms with van der Waals surface area (Å²) in [6.07, 6.45) is 3.08. The molecule has 0 fully saturated rings. The fraction of sp³-hybridized carbons (Fsp3) is 0.625. The standard InChI is InChI=1S/C8H15N3/c1-4-8-7(5-9-2)6-11(3)10-8/h6,9H,4-5H2,1-3H3. The molecule has 0 atom stereocenters. The molecule has 0 amide bonds. The Morgan fingerprint density at radius 1 is 1.64 bits per heavy atom. The molecule has 0 bridgehead atoms. The third kappa shape index (κ3) is 1.80. The maximum atomic E-state index is 4.32. The van der Waals surface area contributed by atoms with Crippen LogP contribution in [0.5, 0.6) is 0 Å². The minimum atomic E-state index is 0.914. The number of aromatic nitrogens is 2. The lowest BCUT2D eigenvalue weighted by atomic mass is 10.2. The topological polar surface area (TPSA) is 29.9 Å². The molecule has 1 heterocycles. The van der Waals surface area contributed by atoms with Crippen molar-refractivity contribution in [2.75, 3.05) is 7.05 Å². The van der Waals surface area contributed by atoms with Crippen LogP contribution in [0.3, 0.4) is 0 Å². The highest BCUT2D eigenvalue weighted by atomic mass is 15.3. The molecular formula is C8H15N3. The van der Waals surface area contributed by atoms with E-state index in [0.29, 0.717) is 0 Å².